The number of phenolic OH excluding ortho intramolecular Hbond substituents is 1. The topological polar surface area (TPSA) is 216 Å². The smallest absolute Gasteiger partial charge is 0.251 e. The summed E-state index contributed by atoms with van der Waals surface area (Å²) in [5.74, 6) is 0.373. The average molecular weight is 707 g/mol. The van der Waals surface area contributed by atoms with Gasteiger partial charge >= 0.3 is 0 Å². The second-order valence-corrected chi connectivity index (χ2v) is 11.0. The van der Waals surface area contributed by atoms with Gasteiger partial charge in [-0.15, -0.1) is 5.10 Å². The number of aromatic amines is 1. The van der Waals surface area contributed by atoms with E-state index < -0.39 is 6.10 Å². The maximum absolute atomic E-state index is 12.4. The molecular weight excluding hydrogens is 660 g/mol. The zero-order chi connectivity index (χ0) is 36.1. The molecule has 0 spiro atoms. The number of carbonyl (C=O) groups excluding carboxylic acids is 2. The number of nitrogen functional groups attached to an aromatic ring is 1. The van der Waals surface area contributed by atoms with Crippen LogP contribution in [0.1, 0.15) is 32.4 Å². The minimum Gasteiger partial charge on any atom is -0.508 e. The lowest BCUT2D eigenvalue weighted by Crippen LogP contribution is -2.28. The van der Waals surface area contributed by atoms with Gasteiger partial charge in [-0.2, -0.15) is 4.98 Å². The minimum atomic E-state index is -0.626. The van der Waals surface area contributed by atoms with Gasteiger partial charge < -0.3 is 55.8 Å². The van der Waals surface area contributed by atoms with E-state index in [1.807, 2.05) is 6.07 Å². The zero-order valence-electron chi connectivity index (χ0n) is 28.6. The molecule has 1 atom stereocenters. The number of rotatable bonds is 24. The van der Waals surface area contributed by atoms with Crippen molar-refractivity contribution in [2.24, 2.45) is 0 Å². The van der Waals surface area contributed by atoms with Crippen LogP contribution in [0.4, 0.5) is 23.3 Å². The van der Waals surface area contributed by atoms with Crippen molar-refractivity contribution in [3.63, 3.8) is 0 Å². The predicted octanol–water partition coefficient (Wildman–Crippen LogP) is 2.86. The highest BCUT2D eigenvalue weighted by molar-refractivity contribution is 5.94. The van der Waals surface area contributed by atoms with E-state index >= 15 is 0 Å². The van der Waals surface area contributed by atoms with Crippen molar-refractivity contribution in [1.82, 2.24) is 25.8 Å². The molecule has 274 valence electrons. The van der Waals surface area contributed by atoms with Crippen molar-refractivity contribution in [1.29, 1.82) is 0 Å². The summed E-state index contributed by atoms with van der Waals surface area (Å²) >= 11 is 0. The molecule has 16 heteroatoms. The van der Waals surface area contributed by atoms with Gasteiger partial charge in [0.1, 0.15) is 11.9 Å². The molecule has 0 aliphatic rings. The summed E-state index contributed by atoms with van der Waals surface area (Å²) in [6.45, 7) is 3.97. The first kappa shape index (κ1) is 38.5. The SMILES string of the molecule is COCCOCCOCCNC(=O)c1ccc(Nc2nc(NCCOC(COCCNC(=O)c3ccccc3)c3cc(N)ccc3O)n[nH]2)cc1. The third-order valence-electron chi connectivity index (χ3n) is 7.17. The van der Waals surface area contributed by atoms with Gasteiger partial charge in [-0.3, -0.25) is 9.59 Å². The van der Waals surface area contributed by atoms with Crippen LogP contribution in [0.15, 0.2) is 72.8 Å². The quantitative estimate of drug-likeness (QED) is 0.0317. The standard InChI is InChI=1S/C35H46N8O8/c1-47-19-20-49-22-21-48-16-13-37-33(46)26-7-10-28(11-8-26)40-35-41-34(42-43-35)39-15-18-51-31(29-23-27(36)9-12-30(29)44)24-50-17-14-38-32(45)25-5-3-2-4-6-25/h2-12,23,31,44H,13-22,24,36H2,1H3,(H,37,46)(H,38,45)(H3,39,40,41,42,43). The van der Waals surface area contributed by atoms with Gasteiger partial charge in [0.05, 0.1) is 52.9 Å². The number of hydrogen-bond acceptors (Lipinski definition) is 13. The molecule has 1 aromatic heterocycles. The second-order valence-electron chi connectivity index (χ2n) is 11.0. The zero-order valence-corrected chi connectivity index (χ0v) is 28.6. The van der Waals surface area contributed by atoms with E-state index in [1.54, 1.807) is 67.8 Å². The molecule has 4 rings (SSSR count). The number of H-pyrrole nitrogens is 1. The number of hydrogen-bond donors (Lipinski definition) is 7. The van der Waals surface area contributed by atoms with Gasteiger partial charge in [0.25, 0.3) is 11.8 Å². The van der Waals surface area contributed by atoms with E-state index in [2.05, 4.69) is 36.4 Å². The van der Waals surface area contributed by atoms with Gasteiger partial charge in [-0.05, 0) is 54.6 Å². The molecule has 1 unspecified atom stereocenters. The van der Waals surface area contributed by atoms with Gasteiger partial charge in [0, 0.05) is 54.8 Å². The van der Waals surface area contributed by atoms with Crippen molar-refractivity contribution in [2.75, 3.05) is 96.0 Å². The molecule has 0 fully saturated rings. The number of ether oxygens (including phenoxy) is 5. The number of nitrogens with zero attached hydrogens (tertiary/aromatic N) is 2. The van der Waals surface area contributed by atoms with Crippen molar-refractivity contribution in [3.05, 3.63) is 89.5 Å². The Morgan fingerprint density at radius 1 is 0.804 bits per heavy atom. The first-order valence-corrected chi connectivity index (χ1v) is 16.5. The van der Waals surface area contributed by atoms with Gasteiger partial charge in [0.15, 0.2) is 0 Å². The maximum atomic E-state index is 12.4. The normalized spacial score (nSPS) is 11.5. The Balaban J connectivity index is 1.16. The fourth-order valence-electron chi connectivity index (χ4n) is 4.58. The van der Waals surface area contributed by atoms with Crippen LogP contribution in [0.5, 0.6) is 5.75 Å². The highest BCUT2D eigenvalue weighted by atomic mass is 16.5. The summed E-state index contributed by atoms with van der Waals surface area (Å²) in [6.07, 6.45) is -0.626. The van der Waals surface area contributed by atoms with Crippen molar-refractivity contribution < 1.29 is 38.4 Å². The summed E-state index contributed by atoms with van der Waals surface area (Å²) in [6, 6.07) is 20.6. The van der Waals surface area contributed by atoms with E-state index in [9.17, 15) is 14.7 Å². The summed E-state index contributed by atoms with van der Waals surface area (Å²) in [4.78, 5) is 29.1. The summed E-state index contributed by atoms with van der Waals surface area (Å²) in [5.41, 5.74) is 8.70. The predicted molar refractivity (Wildman–Crippen MR) is 191 cm³/mol. The number of aromatic hydroxyl groups is 1. The molecule has 0 aliphatic heterocycles. The van der Waals surface area contributed by atoms with Crippen LogP contribution in [-0.2, 0) is 23.7 Å². The number of aromatic nitrogens is 3. The van der Waals surface area contributed by atoms with E-state index in [0.29, 0.717) is 92.6 Å². The molecule has 4 aromatic rings. The Bertz CT molecular complexity index is 1610. The van der Waals surface area contributed by atoms with Crippen LogP contribution < -0.4 is 27.0 Å². The number of anilines is 4. The molecular formula is C35H46N8O8. The molecule has 1 heterocycles. The summed E-state index contributed by atoms with van der Waals surface area (Å²) in [5, 5.41) is 29.3. The van der Waals surface area contributed by atoms with E-state index in [0.717, 1.165) is 0 Å². The second kappa shape index (κ2) is 21.7. The molecule has 0 aliphatic carbocycles. The highest BCUT2D eigenvalue weighted by Crippen LogP contribution is 2.29. The van der Waals surface area contributed by atoms with Gasteiger partial charge in [0.2, 0.25) is 11.9 Å². The third kappa shape index (κ3) is 13.9. The first-order chi connectivity index (χ1) is 24.9. The largest absolute Gasteiger partial charge is 0.508 e. The minimum absolute atomic E-state index is 0.0302. The van der Waals surface area contributed by atoms with Crippen molar-refractivity contribution in [2.45, 2.75) is 6.10 Å². The molecule has 0 radical (unpaired) electrons. The number of phenols is 1. The lowest BCUT2D eigenvalue weighted by Gasteiger charge is -2.20. The monoisotopic (exact) mass is 706 g/mol. The van der Waals surface area contributed by atoms with Crippen LogP contribution in [0.2, 0.25) is 0 Å². The van der Waals surface area contributed by atoms with Crippen LogP contribution >= 0.6 is 0 Å². The van der Waals surface area contributed by atoms with Gasteiger partial charge in [-0.25, -0.2) is 5.10 Å². The van der Waals surface area contributed by atoms with Gasteiger partial charge in [-0.1, -0.05) is 18.2 Å². The lowest BCUT2D eigenvalue weighted by atomic mass is 10.1. The number of benzene rings is 3. The number of amides is 2. The van der Waals surface area contributed by atoms with Crippen molar-refractivity contribution >= 4 is 35.1 Å². The number of methoxy groups -OCH3 is 1. The Morgan fingerprint density at radius 2 is 1.47 bits per heavy atom. The Kier molecular flexibility index (Phi) is 16.4. The average Bonchev–Trinajstić information content (AvgIpc) is 3.60. The fourth-order valence-corrected chi connectivity index (χ4v) is 4.58. The summed E-state index contributed by atoms with van der Waals surface area (Å²) in [7, 11) is 1.62. The van der Waals surface area contributed by atoms with Crippen LogP contribution in [-0.4, -0.2) is 112 Å². The van der Waals surface area contributed by atoms with E-state index in [-0.39, 0.29) is 37.4 Å². The summed E-state index contributed by atoms with van der Waals surface area (Å²) < 4.78 is 27.5. The number of nitrogens with one attached hydrogen (secondary N) is 5. The van der Waals surface area contributed by atoms with E-state index in [4.69, 9.17) is 29.4 Å². The molecule has 0 saturated heterocycles. The molecule has 3 aromatic carbocycles. The fraction of sp³-hybridized carbons (Fsp3) is 0.371. The lowest BCUT2D eigenvalue weighted by molar-refractivity contribution is -0.0142. The molecule has 51 heavy (non-hydrogen) atoms. The Morgan fingerprint density at radius 3 is 2.20 bits per heavy atom. The van der Waals surface area contributed by atoms with Crippen LogP contribution in [0.3, 0.4) is 0 Å². The molecule has 0 saturated carbocycles. The molecule has 2 amide bonds. The maximum Gasteiger partial charge on any atom is 0.251 e. The van der Waals surface area contributed by atoms with Crippen LogP contribution in [0.25, 0.3) is 0 Å². The Hall–Kier alpha value is -5.26. The highest BCUT2D eigenvalue weighted by Gasteiger charge is 2.18. The van der Waals surface area contributed by atoms with E-state index in [1.165, 1.54) is 6.07 Å². The first-order valence-electron chi connectivity index (χ1n) is 16.5. The number of nitrogens with two attached hydrogens (primary N) is 1. The molecule has 8 N–H and O–H groups in total. The third-order valence-corrected chi connectivity index (χ3v) is 7.17. The van der Waals surface area contributed by atoms with Crippen LogP contribution in [0, 0.1) is 0 Å². The van der Waals surface area contributed by atoms with Crippen molar-refractivity contribution in [3.8, 4) is 5.75 Å². The Labute approximate surface area is 296 Å². The number of carbonyl (C=O) groups is 2. The molecule has 0 bridgehead atoms. The molecule has 16 nitrogen and oxygen atoms in total.